The van der Waals surface area contributed by atoms with Crippen LogP contribution in [0.3, 0.4) is 0 Å². The smallest absolute Gasteiger partial charge is 0.416 e. The summed E-state index contributed by atoms with van der Waals surface area (Å²) in [5, 5.41) is 4.89. The van der Waals surface area contributed by atoms with E-state index in [1.54, 1.807) is 0 Å². The van der Waals surface area contributed by atoms with Crippen molar-refractivity contribution in [3.8, 4) is 5.75 Å². The predicted octanol–water partition coefficient (Wildman–Crippen LogP) is 4.36. The van der Waals surface area contributed by atoms with Crippen LogP contribution in [0.1, 0.15) is 5.56 Å². The summed E-state index contributed by atoms with van der Waals surface area (Å²) in [4.78, 5) is 11.9. The van der Waals surface area contributed by atoms with E-state index in [1.165, 1.54) is 36.4 Å². The van der Waals surface area contributed by atoms with Crippen LogP contribution in [0.25, 0.3) is 0 Å². The first-order chi connectivity index (χ1) is 11.8. The molecule has 0 saturated carbocycles. The lowest BCUT2D eigenvalue weighted by Gasteiger charge is -2.13. The number of hydrogen-bond donors (Lipinski definition) is 2. The summed E-state index contributed by atoms with van der Waals surface area (Å²) >= 11 is 0. The number of carbonyl (C=O) groups is 1. The first kappa shape index (κ1) is 18.5. The third-order valence-electron chi connectivity index (χ3n) is 3.02. The second-order valence-corrected chi connectivity index (χ2v) is 4.85. The van der Waals surface area contributed by atoms with E-state index in [1.807, 2.05) is 0 Å². The maximum Gasteiger partial charge on any atom is 0.416 e. The summed E-state index contributed by atoms with van der Waals surface area (Å²) in [7, 11) is 0. The zero-order chi connectivity index (χ0) is 18.4. The molecule has 134 valence electrons. The van der Waals surface area contributed by atoms with Gasteiger partial charge >= 0.3 is 12.8 Å². The molecule has 0 spiro atoms. The van der Waals surface area contributed by atoms with Crippen LogP contribution in [-0.4, -0.2) is 19.1 Å². The first-order valence-electron chi connectivity index (χ1n) is 7.00. The highest BCUT2D eigenvalue weighted by molar-refractivity contribution is 5.95. The fourth-order valence-electron chi connectivity index (χ4n) is 1.95. The SMILES string of the molecule is O=C(CNc1cccc(C(F)(F)F)c1)Nc1ccccc1OC(F)F. The monoisotopic (exact) mass is 360 g/mol. The van der Waals surface area contributed by atoms with Crippen molar-refractivity contribution in [2.45, 2.75) is 12.8 Å². The number of carbonyl (C=O) groups excluding carboxylic acids is 1. The molecule has 2 rings (SSSR count). The summed E-state index contributed by atoms with van der Waals surface area (Å²) in [6, 6.07) is 9.92. The number of para-hydroxylation sites is 2. The average molecular weight is 360 g/mol. The van der Waals surface area contributed by atoms with Gasteiger partial charge in [-0.1, -0.05) is 18.2 Å². The molecule has 25 heavy (non-hydrogen) atoms. The number of nitrogens with one attached hydrogen (secondary N) is 2. The van der Waals surface area contributed by atoms with Crippen LogP contribution in [0, 0.1) is 0 Å². The van der Waals surface area contributed by atoms with Gasteiger partial charge in [0.2, 0.25) is 5.91 Å². The van der Waals surface area contributed by atoms with E-state index in [2.05, 4.69) is 15.4 Å². The van der Waals surface area contributed by atoms with E-state index in [-0.39, 0.29) is 23.7 Å². The third-order valence-corrected chi connectivity index (χ3v) is 3.02. The van der Waals surface area contributed by atoms with Gasteiger partial charge in [0.15, 0.2) is 0 Å². The fourth-order valence-corrected chi connectivity index (χ4v) is 1.95. The highest BCUT2D eigenvalue weighted by Crippen LogP contribution is 2.30. The molecule has 0 aliphatic heterocycles. The van der Waals surface area contributed by atoms with Crippen molar-refractivity contribution in [3.05, 3.63) is 54.1 Å². The number of halogens is 5. The lowest BCUT2D eigenvalue weighted by Crippen LogP contribution is -2.22. The van der Waals surface area contributed by atoms with E-state index in [9.17, 15) is 26.7 Å². The first-order valence-corrected chi connectivity index (χ1v) is 7.00. The van der Waals surface area contributed by atoms with Gasteiger partial charge in [0.1, 0.15) is 5.75 Å². The van der Waals surface area contributed by atoms with E-state index in [4.69, 9.17) is 0 Å². The van der Waals surface area contributed by atoms with Gasteiger partial charge in [-0.3, -0.25) is 4.79 Å². The number of ether oxygens (including phenoxy) is 1. The van der Waals surface area contributed by atoms with Crippen LogP contribution in [0.5, 0.6) is 5.75 Å². The van der Waals surface area contributed by atoms with Gasteiger partial charge in [0, 0.05) is 5.69 Å². The van der Waals surface area contributed by atoms with Gasteiger partial charge in [-0.2, -0.15) is 22.0 Å². The van der Waals surface area contributed by atoms with Crippen molar-refractivity contribution in [2.24, 2.45) is 0 Å². The quantitative estimate of drug-likeness (QED) is 0.753. The molecule has 0 heterocycles. The summed E-state index contributed by atoms with van der Waals surface area (Å²) in [6.45, 7) is -3.41. The third kappa shape index (κ3) is 5.63. The molecule has 0 unspecified atom stereocenters. The molecule has 2 N–H and O–H groups in total. The number of benzene rings is 2. The summed E-state index contributed by atoms with van der Waals surface area (Å²) < 4.78 is 66.7. The second kappa shape index (κ2) is 7.82. The van der Waals surface area contributed by atoms with Crippen molar-refractivity contribution in [2.75, 3.05) is 17.2 Å². The van der Waals surface area contributed by atoms with Gasteiger partial charge in [0.25, 0.3) is 0 Å². The predicted molar refractivity (Wildman–Crippen MR) is 81.6 cm³/mol. The number of hydrogen-bond acceptors (Lipinski definition) is 3. The Morgan fingerprint density at radius 1 is 1.08 bits per heavy atom. The van der Waals surface area contributed by atoms with Crippen LogP contribution >= 0.6 is 0 Å². The maximum absolute atomic E-state index is 12.6. The summed E-state index contributed by atoms with van der Waals surface area (Å²) in [5.74, 6) is -0.854. The standard InChI is InChI=1S/C16H13F5N2O2/c17-15(18)25-13-7-2-1-6-12(13)23-14(24)9-22-11-5-3-4-10(8-11)16(19,20)21/h1-8,15,22H,9H2,(H,23,24). The van der Waals surface area contributed by atoms with Gasteiger partial charge in [-0.15, -0.1) is 0 Å². The number of alkyl halides is 5. The Morgan fingerprint density at radius 3 is 2.48 bits per heavy atom. The van der Waals surface area contributed by atoms with Gasteiger partial charge in [-0.25, -0.2) is 0 Å². The Morgan fingerprint density at radius 2 is 1.80 bits per heavy atom. The second-order valence-electron chi connectivity index (χ2n) is 4.85. The molecule has 2 aromatic carbocycles. The molecule has 0 atom stereocenters. The van der Waals surface area contributed by atoms with E-state index in [0.29, 0.717) is 0 Å². The van der Waals surface area contributed by atoms with Gasteiger partial charge < -0.3 is 15.4 Å². The fraction of sp³-hybridized carbons (Fsp3) is 0.188. The van der Waals surface area contributed by atoms with Crippen molar-refractivity contribution in [1.29, 1.82) is 0 Å². The Kier molecular flexibility index (Phi) is 5.79. The van der Waals surface area contributed by atoms with Crippen molar-refractivity contribution < 1.29 is 31.5 Å². The molecule has 0 radical (unpaired) electrons. The van der Waals surface area contributed by atoms with E-state index in [0.717, 1.165) is 12.1 Å². The molecule has 0 aliphatic carbocycles. The molecule has 1 amide bonds. The minimum Gasteiger partial charge on any atom is -0.433 e. The molecular formula is C16H13F5N2O2. The highest BCUT2D eigenvalue weighted by Gasteiger charge is 2.30. The largest absolute Gasteiger partial charge is 0.433 e. The lowest BCUT2D eigenvalue weighted by molar-refractivity contribution is -0.137. The molecule has 0 aliphatic rings. The van der Waals surface area contributed by atoms with Gasteiger partial charge in [-0.05, 0) is 30.3 Å². The molecule has 0 fully saturated rings. The van der Waals surface area contributed by atoms with Crippen LogP contribution in [0.4, 0.5) is 33.3 Å². The van der Waals surface area contributed by atoms with Crippen LogP contribution < -0.4 is 15.4 Å². The average Bonchev–Trinajstić information content (AvgIpc) is 2.54. The Bertz CT molecular complexity index is 734. The Labute approximate surface area is 139 Å². The number of amides is 1. The maximum atomic E-state index is 12.6. The van der Waals surface area contributed by atoms with Gasteiger partial charge in [0.05, 0.1) is 17.8 Å². The normalized spacial score (nSPS) is 11.3. The molecule has 4 nitrogen and oxygen atoms in total. The summed E-state index contributed by atoms with van der Waals surface area (Å²) in [6.07, 6.45) is -4.49. The molecule has 2 aromatic rings. The minimum absolute atomic E-state index is 0.0265. The Hall–Kier alpha value is -2.84. The number of anilines is 2. The molecule has 0 bridgehead atoms. The van der Waals surface area contributed by atoms with E-state index < -0.39 is 24.3 Å². The zero-order valence-corrected chi connectivity index (χ0v) is 12.6. The van der Waals surface area contributed by atoms with Crippen LogP contribution in [0.2, 0.25) is 0 Å². The zero-order valence-electron chi connectivity index (χ0n) is 12.6. The van der Waals surface area contributed by atoms with E-state index >= 15 is 0 Å². The number of rotatable bonds is 6. The minimum atomic E-state index is -4.49. The lowest BCUT2D eigenvalue weighted by atomic mass is 10.2. The van der Waals surface area contributed by atoms with Crippen LogP contribution in [-0.2, 0) is 11.0 Å². The molecule has 0 saturated heterocycles. The van der Waals surface area contributed by atoms with Crippen molar-refractivity contribution in [3.63, 3.8) is 0 Å². The molecule has 9 heteroatoms. The van der Waals surface area contributed by atoms with Crippen molar-refractivity contribution >= 4 is 17.3 Å². The molecule has 0 aromatic heterocycles. The van der Waals surface area contributed by atoms with Crippen LogP contribution in [0.15, 0.2) is 48.5 Å². The summed E-state index contributed by atoms with van der Waals surface area (Å²) in [5.41, 5.74) is -0.727. The molecular weight excluding hydrogens is 347 g/mol. The Balaban J connectivity index is 1.98. The highest BCUT2D eigenvalue weighted by atomic mass is 19.4. The topological polar surface area (TPSA) is 50.4 Å². The van der Waals surface area contributed by atoms with Crippen molar-refractivity contribution in [1.82, 2.24) is 0 Å².